The first-order valence-corrected chi connectivity index (χ1v) is 7.65. The molecule has 2 aromatic rings. The number of aromatic nitrogens is 4. The first kappa shape index (κ1) is 14.3. The van der Waals surface area contributed by atoms with Gasteiger partial charge in [0, 0.05) is 19.1 Å². The molecule has 114 valence electrons. The molecule has 0 saturated carbocycles. The summed E-state index contributed by atoms with van der Waals surface area (Å²) < 4.78 is 12.8. The Morgan fingerprint density at radius 2 is 2.29 bits per heavy atom. The fraction of sp³-hybridized carbons (Fsp3) is 0.667. The maximum atomic E-state index is 5.45. The first-order chi connectivity index (χ1) is 10.2. The maximum Gasteiger partial charge on any atom is 0.276 e. The van der Waals surface area contributed by atoms with Crippen molar-refractivity contribution in [2.75, 3.05) is 13.2 Å². The predicted molar refractivity (Wildman–Crippen MR) is 77.9 cm³/mol. The molecule has 0 amide bonds. The van der Waals surface area contributed by atoms with Crippen LogP contribution in [0.3, 0.4) is 0 Å². The first-order valence-electron chi connectivity index (χ1n) is 7.65. The zero-order valence-electron chi connectivity index (χ0n) is 12.9. The molecule has 1 aliphatic heterocycles. The van der Waals surface area contributed by atoms with Crippen molar-refractivity contribution in [2.24, 2.45) is 5.92 Å². The van der Waals surface area contributed by atoms with Crippen LogP contribution in [-0.4, -0.2) is 33.1 Å². The van der Waals surface area contributed by atoms with Crippen molar-refractivity contribution in [2.45, 2.75) is 46.1 Å². The number of hydrogen-bond donors (Lipinski definition) is 0. The molecule has 1 saturated heterocycles. The van der Waals surface area contributed by atoms with Gasteiger partial charge in [-0.25, -0.2) is 0 Å². The Morgan fingerprint density at radius 3 is 2.95 bits per heavy atom. The smallest absolute Gasteiger partial charge is 0.276 e. The summed E-state index contributed by atoms with van der Waals surface area (Å²) in [4.78, 5) is 4.54. The fourth-order valence-corrected chi connectivity index (χ4v) is 2.64. The normalized spacial score (nSPS) is 18.8. The van der Waals surface area contributed by atoms with E-state index < -0.39 is 0 Å². The molecule has 2 aromatic heterocycles. The third-order valence-corrected chi connectivity index (χ3v) is 3.70. The topological polar surface area (TPSA) is 66.0 Å². The highest BCUT2D eigenvalue weighted by Gasteiger charge is 2.24. The monoisotopic (exact) mass is 290 g/mol. The molecule has 0 aliphatic carbocycles. The molecule has 1 aliphatic rings. The van der Waals surface area contributed by atoms with E-state index in [-0.39, 0.29) is 5.92 Å². The van der Waals surface area contributed by atoms with E-state index in [1.807, 2.05) is 4.68 Å². The van der Waals surface area contributed by atoms with Gasteiger partial charge in [0.05, 0.1) is 12.3 Å². The van der Waals surface area contributed by atoms with Gasteiger partial charge in [0.15, 0.2) is 5.82 Å². The Hall–Kier alpha value is -1.69. The molecule has 1 fully saturated rings. The van der Waals surface area contributed by atoms with E-state index >= 15 is 0 Å². The molecule has 3 rings (SSSR count). The number of ether oxygens (including phenoxy) is 1. The average Bonchev–Trinajstić information content (AvgIpc) is 3.17. The molecule has 1 atom stereocenters. The molecular weight excluding hydrogens is 268 g/mol. The molecule has 21 heavy (non-hydrogen) atoms. The Kier molecular flexibility index (Phi) is 4.05. The van der Waals surface area contributed by atoms with Crippen molar-refractivity contribution < 1.29 is 9.26 Å². The van der Waals surface area contributed by atoms with Crippen LogP contribution >= 0.6 is 0 Å². The van der Waals surface area contributed by atoms with Crippen molar-refractivity contribution in [3.63, 3.8) is 0 Å². The molecule has 0 N–H and O–H groups in total. The van der Waals surface area contributed by atoms with Crippen molar-refractivity contribution >= 4 is 0 Å². The van der Waals surface area contributed by atoms with E-state index in [2.05, 4.69) is 42.1 Å². The van der Waals surface area contributed by atoms with E-state index in [4.69, 9.17) is 9.26 Å². The zero-order chi connectivity index (χ0) is 14.8. The molecule has 0 radical (unpaired) electrons. The van der Waals surface area contributed by atoms with Crippen LogP contribution in [-0.2, 0) is 17.7 Å². The van der Waals surface area contributed by atoms with Gasteiger partial charge < -0.3 is 9.26 Å². The second kappa shape index (κ2) is 5.97. The molecule has 0 aromatic carbocycles. The van der Waals surface area contributed by atoms with Crippen LogP contribution in [0.2, 0.25) is 0 Å². The Labute approximate surface area is 124 Å². The van der Waals surface area contributed by atoms with Crippen molar-refractivity contribution in [1.29, 1.82) is 0 Å². The lowest BCUT2D eigenvalue weighted by Crippen LogP contribution is -2.02. The van der Waals surface area contributed by atoms with Crippen LogP contribution in [0, 0.1) is 5.92 Å². The van der Waals surface area contributed by atoms with Gasteiger partial charge in [-0.05, 0) is 31.7 Å². The minimum absolute atomic E-state index is 0.260. The van der Waals surface area contributed by atoms with Gasteiger partial charge in [-0.2, -0.15) is 10.1 Å². The predicted octanol–water partition coefficient (Wildman–Crippen LogP) is 2.66. The van der Waals surface area contributed by atoms with Crippen LogP contribution in [0.15, 0.2) is 10.6 Å². The largest absolute Gasteiger partial charge is 0.381 e. The molecule has 0 unspecified atom stereocenters. The van der Waals surface area contributed by atoms with Crippen LogP contribution < -0.4 is 0 Å². The van der Waals surface area contributed by atoms with Gasteiger partial charge in [0.1, 0.15) is 5.69 Å². The van der Waals surface area contributed by atoms with Crippen molar-refractivity contribution in [3.8, 4) is 11.6 Å². The minimum atomic E-state index is 0.260. The molecule has 0 bridgehead atoms. The second-order valence-electron chi connectivity index (χ2n) is 5.95. The SMILES string of the molecule is CCn1nc(CC(C)C)cc1-c1nc([C@@H]2CCOC2)no1. The van der Waals surface area contributed by atoms with Gasteiger partial charge in [-0.15, -0.1) is 0 Å². The molecule has 6 heteroatoms. The molecule has 3 heterocycles. The van der Waals surface area contributed by atoms with Crippen LogP contribution in [0.4, 0.5) is 0 Å². The summed E-state index contributed by atoms with van der Waals surface area (Å²) in [5.41, 5.74) is 1.98. The summed E-state index contributed by atoms with van der Waals surface area (Å²) in [7, 11) is 0. The average molecular weight is 290 g/mol. The Morgan fingerprint density at radius 1 is 1.43 bits per heavy atom. The number of nitrogens with zero attached hydrogens (tertiary/aromatic N) is 4. The number of aryl methyl sites for hydroxylation is 1. The van der Waals surface area contributed by atoms with E-state index in [0.717, 1.165) is 43.2 Å². The maximum absolute atomic E-state index is 5.45. The fourth-order valence-electron chi connectivity index (χ4n) is 2.64. The van der Waals surface area contributed by atoms with Crippen LogP contribution in [0.25, 0.3) is 11.6 Å². The van der Waals surface area contributed by atoms with E-state index in [9.17, 15) is 0 Å². The summed E-state index contributed by atoms with van der Waals surface area (Å²) in [6.07, 6.45) is 1.92. The summed E-state index contributed by atoms with van der Waals surface area (Å²) in [6.45, 7) is 8.70. The van der Waals surface area contributed by atoms with E-state index in [1.54, 1.807) is 0 Å². The quantitative estimate of drug-likeness (QED) is 0.847. The third kappa shape index (κ3) is 3.00. The number of hydrogen-bond acceptors (Lipinski definition) is 5. The molecular formula is C15H22N4O2. The summed E-state index contributed by atoms with van der Waals surface area (Å²) in [5.74, 6) is 2.14. The van der Waals surface area contributed by atoms with Gasteiger partial charge in [0.25, 0.3) is 5.89 Å². The molecule has 6 nitrogen and oxygen atoms in total. The van der Waals surface area contributed by atoms with Gasteiger partial charge in [-0.3, -0.25) is 4.68 Å². The molecule has 0 spiro atoms. The highest BCUT2D eigenvalue weighted by atomic mass is 16.5. The van der Waals surface area contributed by atoms with Gasteiger partial charge in [-0.1, -0.05) is 19.0 Å². The van der Waals surface area contributed by atoms with Gasteiger partial charge in [0.2, 0.25) is 0 Å². The lowest BCUT2D eigenvalue weighted by atomic mass is 10.1. The number of rotatable bonds is 5. The van der Waals surface area contributed by atoms with Crippen LogP contribution in [0.5, 0.6) is 0 Å². The highest BCUT2D eigenvalue weighted by molar-refractivity contribution is 5.48. The van der Waals surface area contributed by atoms with E-state index in [1.165, 1.54) is 0 Å². The van der Waals surface area contributed by atoms with Crippen molar-refractivity contribution in [1.82, 2.24) is 19.9 Å². The van der Waals surface area contributed by atoms with Gasteiger partial charge >= 0.3 is 0 Å². The van der Waals surface area contributed by atoms with E-state index in [0.29, 0.717) is 18.4 Å². The van der Waals surface area contributed by atoms with Crippen molar-refractivity contribution in [3.05, 3.63) is 17.6 Å². The van der Waals surface area contributed by atoms with Crippen LogP contribution in [0.1, 0.15) is 44.6 Å². The summed E-state index contributed by atoms with van der Waals surface area (Å²) in [6, 6.07) is 2.06. The summed E-state index contributed by atoms with van der Waals surface area (Å²) >= 11 is 0. The standard InChI is InChI=1S/C15H22N4O2/c1-4-19-13(8-12(17-19)7-10(2)3)15-16-14(18-21-15)11-5-6-20-9-11/h8,10-11H,4-7,9H2,1-3H3/t11-/m1/s1. The Bertz CT molecular complexity index is 597. The summed E-state index contributed by atoms with van der Waals surface area (Å²) in [5, 5.41) is 8.73. The third-order valence-electron chi connectivity index (χ3n) is 3.70. The lowest BCUT2D eigenvalue weighted by Gasteiger charge is -2.00. The highest BCUT2D eigenvalue weighted by Crippen LogP contribution is 2.26. The minimum Gasteiger partial charge on any atom is -0.381 e. The zero-order valence-corrected chi connectivity index (χ0v) is 12.9. The Balaban J connectivity index is 1.86. The lowest BCUT2D eigenvalue weighted by molar-refractivity contribution is 0.192. The second-order valence-corrected chi connectivity index (χ2v) is 5.95.